The van der Waals surface area contributed by atoms with E-state index in [0.29, 0.717) is 24.1 Å². The fourth-order valence-corrected chi connectivity index (χ4v) is 2.50. The van der Waals surface area contributed by atoms with Crippen LogP contribution in [-0.2, 0) is 9.53 Å². The summed E-state index contributed by atoms with van der Waals surface area (Å²) in [6, 6.07) is 0. The fourth-order valence-electron chi connectivity index (χ4n) is 2.50. The van der Waals surface area contributed by atoms with Crippen LogP contribution in [0.1, 0.15) is 40.0 Å². The van der Waals surface area contributed by atoms with Crippen LogP contribution >= 0.6 is 0 Å². The summed E-state index contributed by atoms with van der Waals surface area (Å²) in [6.07, 6.45) is 4.20. The molecule has 15 heavy (non-hydrogen) atoms. The van der Waals surface area contributed by atoms with E-state index >= 15 is 0 Å². The normalized spacial score (nSPS) is 31.6. The Labute approximate surface area is 94.2 Å². The van der Waals surface area contributed by atoms with Crippen molar-refractivity contribution in [1.29, 1.82) is 0 Å². The SMILES string of the molecule is BCC(=O)O[C@@H]1C[C@H](C)CC[C@H]1C(C)C. The number of hydrogen-bond donors (Lipinski definition) is 0. The van der Waals surface area contributed by atoms with E-state index in [-0.39, 0.29) is 12.1 Å². The molecule has 1 aliphatic rings. The van der Waals surface area contributed by atoms with E-state index in [2.05, 4.69) is 20.8 Å². The van der Waals surface area contributed by atoms with Crippen molar-refractivity contribution in [2.45, 2.75) is 52.5 Å². The van der Waals surface area contributed by atoms with Gasteiger partial charge in [-0.25, -0.2) is 0 Å². The summed E-state index contributed by atoms with van der Waals surface area (Å²) < 4.78 is 5.55. The van der Waals surface area contributed by atoms with Gasteiger partial charge in [-0.2, -0.15) is 0 Å². The number of hydrogen-bond acceptors (Lipinski definition) is 2. The van der Waals surface area contributed by atoms with Crippen LogP contribution < -0.4 is 0 Å². The molecule has 0 aromatic rings. The molecule has 86 valence electrons. The molecule has 0 amide bonds. The van der Waals surface area contributed by atoms with Gasteiger partial charge in [0, 0.05) is 6.32 Å². The second kappa shape index (κ2) is 5.57. The van der Waals surface area contributed by atoms with Crippen molar-refractivity contribution >= 4 is 13.8 Å². The lowest BCUT2D eigenvalue weighted by Crippen LogP contribution is -2.35. The zero-order valence-electron chi connectivity index (χ0n) is 10.5. The highest BCUT2D eigenvalue weighted by atomic mass is 16.5. The Balaban J connectivity index is 2.57. The van der Waals surface area contributed by atoms with Crippen LogP contribution in [0.3, 0.4) is 0 Å². The summed E-state index contributed by atoms with van der Waals surface area (Å²) in [6.45, 7) is 6.71. The van der Waals surface area contributed by atoms with Gasteiger partial charge in [-0.1, -0.05) is 27.2 Å². The smallest absolute Gasteiger partial charge is 0.298 e. The first-order valence-corrected chi connectivity index (χ1v) is 6.24. The summed E-state index contributed by atoms with van der Waals surface area (Å²) in [5.41, 5.74) is 0. The maximum absolute atomic E-state index is 11.3. The van der Waals surface area contributed by atoms with E-state index in [0.717, 1.165) is 6.42 Å². The zero-order valence-corrected chi connectivity index (χ0v) is 10.5. The second-order valence-corrected chi connectivity index (χ2v) is 5.21. The molecule has 0 unspecified atom stereocenters. The zero-order chi connectivity index (χ0) is 11.4. The largest absolute Gasteiger partial charge is 0.463 e. The molecule has 0 bridgehead atoms. The Kier molecular flexibility index (Phi) is 4.68. The first kappa shape index (κ1) is 12.6. The van der Waals surface area contributed by atoms with E-state index in [1.807, 2.05) is 7.85 Å². The Morgan fingerprint density at radius 1 is 1.47 bits per heavy atom. The summed E-state index contributed by atoms with van der Waals surface area (Å²) in [5.74, 6) is 1.85. The third-order valence-electron chi connectivity index (χ3n) is 3.53. The molecule has 0 radical (unpaired) electrons. The van der Waals surface area contributed by atoms with Crippen LogP contribution in [0, 0.1) is 17.8 Å². The maximum Gasteiger partial charge on any atom is 0.298 e. The first-order chi connectivity index (χ1) is 7.04. The number of carbonyl (C=O) groups is 1. The van der Waals surface area contributed by atoms with Crippen molar-refractivity contribution in [3.8, 4) is 0 Å². The molecular weight excluding hydrogens is 187 g/mol. The molecule has 0 aromatic heterocycles. The predicted octanol–water partition coefficient (Wildman–Crippen LogP) is 2.04. The van der Waals surface area contributed by atoms with Crippen molar-refractivity contribution in [1.82, 2.24) is 0 Å². The highest BCUT2D eigenvalue weighted by Gasteiger charge is 2.32. The van der Waals surface area contributed by atoms with Gasteiger partial charge in [0.15, 0.2) is 0 Å². The predicted molar refractivity (Wildman–Crippen MR) is 64.6 cm³/mol. The van der Waals surface area contributed by atoms with Crippen LogP contribution in [0.15, 0.2) is 0 Å². The molecule has 0 N–H and O–H groups in total. The molecule has 3 heteroatoms. The highest BCUT2D eigenvalue weighted by Crippen LogP contribution is 2.35. The van der Waals surface area contributed by atoms with Gasteiger partial charge in [-0.15, -0.1) is 0 Å². The summed E-state index contributed by atoms with van der Waals surface area (Å²) in [4.78, 5) is 11.3. The number of ether oxygens (including phenoxy) is 1. The molecule has 0 aromatic carbocycles. The number of esters is 1. The quantitative estimate of drug-likeness (QED) is 0.526. The third-order valence-corrected chi connectivity index (χ3v) is 3.53. The van der Waals surface area contributed by atoms with Gasteiger partial charge in [0.2, 0.25) is 0 Å². The average molecular weight is 210 g/mol. The van der Waals surface area contributed by atoms with E-state index in [4.69, 9.17) is 4.74 Å². The van der Waals surface area contributed by atoms with E-state index < -0.39 is 0 Å². The van der Waals surface area contributed by atoms with Crippen molar-refractivity contribution < 1.29 is 9.53 Å². The van der Waals surface area contributed by atoms with E-state index in [1.54, 1.807) is 0 Å². The number of carbonyl (C=O) groups excluding carboxylic acids is 1. The molecule has 2 nitrogen and oxygen atoms in total. The standard InChI is InChI=1S/C12H23BO2/c1-8(2)10-5-4-9(3)6-11(10)15-12(14)7-13/h8-11H,4-7,13H2,1-3H3/t9-,10+,11-/m1/s1. The molecular formula is C12H23BO2. The second-order valence-electron chi connectivity index (χ2n) is 5.21. The summed E-state index contributed by atoms with van der Waals surface area (Å²) in [7, 11) is 1.86. The van der Waals surface area contributed by atoms with Crippen molar-refractivity contribution in [3.63, 3.8) is 0 Å². The van der Waals surface area contributed by atoms with Gasteiger partial charge in [0.25, 0.3) is 5.97 Å². The Morgan fingerprint density at radius 3 is 2.67 bits per heavy atom. The third kappa shape index (κ3) is 3.55. The molecule has 1 aliphatic carbocycles. The summed E-state index contributed by atoms with van der Waals surface area (Å²) in [5, 5.41) is 0. The van der Waals surface area contributed by atoms with Gasteiger partial charge in [-0.05, 0) is 30.6 Å². The molecule has 0 aliphatic heterocycles. The highest BCUT2D eigenvalue weighted by molar-refractivity contribution is 6.18. The van der Waals surface area contributed by atoms with E-state index in [1.165, 1.54) is 12.8 Å². The maximum atomic E-state index is 11.3. The van der Waals surface area contributed by atoms with Crippen LogP contribution in [0.4, 0.5) is 0 Å². The lowest BCUT2D eigenvalue weighted by atomic mass is 9.75. The monoisotopic (exact) mass is 210 g/mol. The summed E-state index contributed by atoms with van der Waals surface area (Å²) >= 11 is 0. The molecule has 0 spiro atoms. The molecule has 1 rings (SSSR count). The van der Waals surface area contributed by atoms with Gasteiger partial charge in [0.05, 0.1) is 0 Å². The lowest BCUT2D eigenvalue weighted by Gasteiger charge is -2.36. The van der Waals surface area contributed by atoms with Gasteiger partial charge in [-0.3, -0.25) is 4.79 Å². The molecule has 0 heterocycles. The molecule has 1 saturated carbocycles. The Hall–Kier alpha value is -0.465. The van der Waals surface area contributed by atoms with Gasteiger partial charge >= 0.3 is 0 Å². The first-order valence-electron chi connectivity index (χ1n) is 6.24. The lowest BCUT2D eigenvalue weighted by molar-refractivity contribution is -0.153. The Bertz CT molecular complexity index is 216. The molecule has 1 fully saturated rings. The molecule has 3 atom stereocenters. The van der Waals surface area contributed by atoms with Crippen molar-refractivity contribution in [2.24, 2.45) is 17.8 Å². The Morgan fingerprint density at radius 2 is 2.13 bits per heavy atom. The van der Waals surface area contributed by atoms with Crippen LogP contribution in [-0.4, -0.2) is 19.9 Å². The van der Waals surface area contributed by atoms with Gasteiger partial charge in [0.1, 0.15) is 14.0 Å². The molecule has 0 saturated heterocycles. The van der Waals surface area contributed by atoms with E-state index in [9.17, 15) is 4.79 Å². The fraction of sp³-hybridized carbons (Fsp3) is 0.917. The van der Waals surface area contributed by atoms with Crippen LogP contribution in [0.25, 0.3) is 0 Å². The number of rotatable bonds is 3. The van der Waals surface area contributed by atoms with Crippen LogP contribution in [0.5, 0.6) is 0 Å². The average Bonchev–Trinajstić information content (AvgIpc) is 2.17. The minimum atomic E-state index is -0.0419. The van der Waals surface area contributed by atoms with Crippen molar-refractivity contribution in [3.05, 3.63) is 0 Å². The van der Waals surface area contributed by atoms with Gasteiger partial charge < -0.3 is 4.74 Å². The minimum Gasteiger partial charge on any atom is -0.463 e. The van der Waals surface area contributed by atoms with Crippen LogP contribution in [0.2, 0.25) is 6.32 Å². The topological polar surface area (TPSA) is 26.3 Å². The van der Waals surface area contributed by atoms with Crippen molar-refractivity contribution in [2.75, 3.05) is 0 Å². The minimum absolute atomic E-state index is 0.0419.